The maximum Gasteiger partial charge on any atom is 0.354 e. The summed E-state index contributed by atoms with van der Waals surface area (Å²) in [6, 6.07) is 1.62. The second kappa shape index (κ2) is 3.13. The largest absolute Gasteiger partial charge is 0.477 e. The third-order valence-corrected chi connectivity index (χ3v) is 1.24. The van der Waals surface area contributed by atoms with Gasteiger partial charge >= 0.3 is 11.7 Å². The predicted octanol–water partition coefficient (Wildman–Crippen LogP) is 0.827. The molecule has 0 spiro atoms. The van der Waals surface area contributed by atoms with Crippen LogP contribution in [0.1, 0.15) is 10.5 Å². The maximum absolute atomic E-state index is 12.6. The smallest absolute Gasteiger partial charge is 0.354 e. The average Bonchev–Trinajstić information content (AvgIpc) is 2.03. The first-order valence-corrected chi connectivity index (χ1v) is 3.06. The van der Waals surface area contributed by atoms with Gasteiger partial charge in [-0.05, 0) is 6.07 Å². The minimum Gasteiger partial charge on any atom is -0.477 e. The van der Waals surface area contributed by atoms with Crippen molar-refractivity contribution in [1.29, 1.82) is 0 Å². The zero-order valence-corrected chi connectivity index (χ0v) is 6.10. The number of carboxylic acids is 1. The lowest BCUT2D eigenvalue weighted by Gasteiger charge is -1.94. The normalized spacial score (nSPS) is 9.62. The Balaban J connectivity index is 3.20. The molecule has 0 aliphatic rings. The molecule has 0 aliphatic heterocycles. The van der Waals surface area contributed by atoms with Gasteiger partial charge in [0.05, 0.1) is 4.92 Å². The molecule has 68 valence electrons. The van der Waals surface area contributed by atoms with Gasteiger partial charge in [0, 0.05) is 6.07 Å². The molecule has 1 aromatic heterocycles. The number of aromatic nitrogens is 1. The lowest BCUT2D eigenvalue weighted by atomic mass is 10.3. The Morgan fingerprint density at radius 1 is 1.62 bits per heavy atom. The van der Waals surface area contributed by atoms with E-state index in [4.69, 9.17) is 5.11 Å². The highest BCUT2D eigenvalue weighted by atomic mass is 19.1. The van der Waals surface area contributed by atoms with Crippen LogP contribution in [0, 0.1) is 16.1 Å². The van der Waals surface area contributed by atoms with Crippen LogP contribution in [0.25, 0.3) is 0 Å². The highest BCUT2D eigenvalue weighted by Gasteiger charge is 2.17. The van der Waals surface area contributed by atoms with Crippen molar-refractivity contribution < 1.29 is 19.2 Å². The standard InChI is InChI=1S/C6H3FN2O4/c7-5-4(9(12)13)2-1-3(8-5)6(10)11/h1-2H,(H,10,11). The van der Waals surface area contributed by atoms with Crippen LogP contribution in [0.15, 0.2) is 12.1 Å². The summed E-state index contributed by atoms with van der Waals surface area (Å²) in [4.78, 5) is 22.2. The Kier molecular flexibility index (Phi) is 2.18. The Hall–Kier alpha value is -2.05. The summed E-state index contributed by atoms with van der Waals surface area (Å²) in [5.74, 6) is -2.83. The summed E-state index contributed by atoms with van der Waals surface area (Å²) < 4.78 is 12.6. The van der Waals surface area contributed by atoms with Gasteiger partial charge in [-0.2, -0.15) is 4.39 Å². The summed E-state index contributed by atoms with van der Waals surface area (Å²) >= 11 is 0. The zero-order chi connectivity index (χ0) is 10.0. The minimum absolute atomic E-state index is 0.567. The Bertz CT molecular complexity index is 379. The number of carboxylic acid groups (broad SMARTS) is 1. The summed E-state index contributed by atoms with van der Waals surface area (Å²) in [5, 5.41) is 18.4. The number of aromatic carboxylic acids is 1. The molecule has 1 aromatic rings. The fourth-order valence-corrected chi connectivity index (χ4v) is 0.682. The molecule has 0 fully saturated rings. The first-order valence-electron chi connectivity index (χ1n) is 3.06. The molecule has 0 bridgehead atoms. The molecule has 0 atom stereocenters. The fourth-order valence-electron chi connectivity index (χ4n) is 0.682. The van der Waals surface area contributed by atoms with Crippen molar-refractivity contribution in [3.05, 3.63) is 33.9 Å². The second-order valence-corrected chi connectivity index (χ2v) is 2.07. The number of carbonyl (C=O) groups is 1. The van der Waals surface area contributed by atoms with E-state index in [-0.39, 0.29) is 0 Å². The third-order valence-electron chi connectivity index (χ3n) is 1.24. The van der Waals surface area contributed by atoms with E-state index in [9.17, 15) is 19.3 Å². The molecule has 0 aliphatic carbocycles. The van der Waals surface area contributed by atoms with Crippen LogP contribution in [0.2, 0.25) is 0 Å². The summed E-state index contributed by atoms with van der Waals surface area (Å²) in [6.45, 7) is 0. The highest BCUT2D eigenvalue weighted by molar-refractivity contribution is 5.85. The predicted molar refractivity (Wildman–Crippen MR) is 37.8 cm³/mol. The maximum atomic E-state index is 12.6. The van der Waals surface area contributed by atoms with E-state index < -0.39 is 28.2 Å². The molecule has 1 N–H and O–H groups in total. The van der Waals surface area contributed by atoms with E-state index in [1.54, 1.807) is 0 Å². The number of nitrogens with zero attached hydrogens (tertiary/aromatic N) is 2. The molecule has 0 saturated heterocycles. The lowest BCUT2D eigenvalue weighted by molar-refractivity contribution is -0.388. The van der Waals surface area contributed by atoms with Crippen molar-refractivity contribution >= 4 is 11.7 Å². The van der Waals surface area contributed by atoms with Crippen LogP contribution in [0.4, 0.5) is 10.1 Å². The van der Waals surface area contributed by atoms with Gasteiger partial charge in [0.1, 0.15) is 0 Å². The van der Waals surface area contributed by atoms with E-state index in [1.807, 2.05) is 0 Å². The van der Waals surface area contributed by atoms with E-state index in [2.05, 4.69) is 4.98 Å². The molecule has 6 nitrogen and oxygen atoms in total. The van der Waals surface area contributed by atoms with E-state index in [1.165, 1.54) is 0 Å². The topological polar surface area (TPSA) is 93.3 Å². The summed E-state index contributed by atoms with van der Waals surface area (Å²) in [7, 11) is 0. The lowest BCUT2D eigenvalue weighted by Crippen LogP contribution is -2.04. The second-order valence-electron chi connectivity index (χ2n) is 2.07. The molecule has 0 unspecified atom stereocenters. The van der Waals surface area contributed by atoms with Gasteiger partial charge in [0.25, 0.3) is 5.95 Å². The van der Waals surface area contributed by atoms with Crippen molar-refractivity contribution in [2.45, 2.75) is 0 Å². The van der Waals surface area contributed by atoms with Gasteiger partial charge in [0.15, 0.2) is 5.69 Å². The van der Waals surface area contributed by atoms with Crippen molar-refractivity contribution in [1.82, 2.24) is 4.98 Å². The number of hydrogen-bond acceptors (Lipinski definition) is 4. The number of rotatable bonds is 2. The molecule has 1 rings (SSSR count). The van der Waals surface area contributed by atoms with Crippen LogP contribution in [-0.2, 0) is 0 Å². The van der Waals surface area contributed by atoms with Crippen LogP contribution >= 0.6 is 0 Å². The van der Waals surface area contributed by atoms with Crippen molar-refractivity contribution in [3.63, 3.8) is 0 Å². The Labute approximate surface area is 70.8 Å². The minimum atomic E-state index is -1.44. The van der Waals surface area contributed by atoms with E-state index >= 15 is 0 Å². The monoisotopic (exact) mass is 186 g/mol. The molecular weight excluding hydrogens is 183 g/mol. The van der Waals surface area contributed by atoms with Gasteiger partial charge in [-0.1, -0.05) is 0 Å². The zero-order valence-electron chi connectivity index (χ0n) is 6.10. The molecule has 0 saturated carbocycles. The molecule has 0 aromatic carbocycles. The summed E-state index contributed by atoms with van der Waals surface area (Å²) in [6.07, 6.45) is 0. The highest BCUT2D eigenvalue weighted by Crippen LogP contribution is 2.14. The molecule has 1 heterocycles. The number of nitro groups is 1. The van der Waals surface area contributed by atoms with Crippen molar-refractivity contribution in [2.24, 2.45) is 0 Å². The Morgan fingerprint density at radius 2 is 2.23 bits per heavy atom. The molecular formula is C6H3FN2O4. The van der Waals surface area contributed by atoms with Gasteiger partial charge in [-0.3, -0.25) is 10.1 Å². The molecule has 0 radical (unpaired) electrons. The average molecular weight is 186 g/mol. The molecule has 0 amide bonds. The van der Waals surface area contributed by atoms with Gasteiger partial charge in [0.2, 0.25) is 0 Å². The third kappa shape index (κ3) is 1.75. The number of pyridine rings is 1. The first kappa shape index (κ1) is 9.04. The quantitative estimate of drug-likeness (QED) is 0.419. The number of halogens is 1. The molecule has 13 heavy (non-hydrogen) atoms. The van der Waals surface area contributed by atoms with Crippen LogP contribution in [0.3, 0.4) is 0 Å². The SMILES string of the molecule is O=C(O)c1ccc([N+](=O)[O-])c(F)n1. The Morgan fingerprint density at radius 3 is 2.62 bits per heavy atom. The molecule has 7 heteroatoms. The van der Waals surface area contributed by atoms with Crippen LogP contribution in [0.5, 0.6) is 0 Å². The van der Waals surface area contributed by atoms with E-state index in [0.717, 1.165) is 12.1 Å². The summed E-state index contributed by atoms with van der Waals surface area (Å²) in [5.41, 5.74) is -1.41. The van der Waals surface area contributed by atoms with Gasteiger partial charge in [-0.15, -0.1) is 0 Å². The first-order chi connectivity index (χ1) is 6.02. The van der Waals surface area contributed by atoms with Gasteiger partial charge in [-0.25, -0.2) is 9.78 Å². The van der Waals surface area contributed by atoms with Crippen molar-refractivity contribution in [2.75, 3.05) is 0 Å². The van der Waals surface area contributed by atoms with Crippen LogP contribution in [-0.4, -0.2) is 21.0 Å². The van der Waals surface area contributed by atoms with E-state index in [0.29, 0.717) is 0 Å². The van der Waals surface area contributed by atoms with Crippen molar-refractivity contribution in [3.8, 4) is 0 Å². The van der Waals surface area contributed by atoms with Gasteiger partial charge < -0.3 is 5.11 Å². The fraction of sp³-hybridized carbons (Fsp3) is 0. The number of hydrogen-bond donors (Lipinski definition) is 1. The van der Waals surface area contributed by atoms with Crippen LogP contribution < -0.4 is 0 Å².